The third kappa shape index (κ3) is 3.69. The van der Waals surface area contributed by atoms with Gasteiger partial charge in [-0.25, -0.2) is 0 Å². The molecule has 1 amide bonds. The number of nitrogens with zero attached hydrogens (tertiary/aromatic N) is 1. The van der Waals surface area contributed by atoms with Gasteiger partial charge in [-0.3, -0.25) is 14.5 Å². The molecule has 1 atom stereocenters. The second-order valence-corrected chi connectivity index (χ2v) is 7.54. The number of aliphatic hydroxyl groups excluding tert-OH is 1. The Morgan fingerprint density at radius 3 is 2.38 bits per heavy atom. The fourth-order valence-corrected chi connectivity index (χ4v) is 3.97. The Morgan fingerprint density at radius 1 is 0.938 bits per heavy atom. The Hall–Kier alpha value is -3.77. The Kier molecular flexibility index (Phi) is 5.88. The van der Waals surface area contributed by atoms with Gasteiger partial charge in [0.25, 0.3) is 11.7 Å². The van der Waals surface area contributed by atoms with Gasteiger partial charge in [-0.05, 0) is 48.0 Å². The van der Waals surface area contributed by atoms with E-state index >= 15 is 0 Å². The van der Waals surface area contributed by atoms with Crippen LogP contribution in [0.15, 0.2) is 78.4 Å². The van der Waals surface area contributed by atoms with Crippen LogP contribution < -0.4 is 14.4 Å². The van der Waals surface area contributed by atoms with E-state index in [1.54, 1.807) is 60.7 Å². The number of halogens is 1. The number of para-hydroxylation sites is 1. The first kappa shape index (κ1) is 21.5. The van der Waals surface area contributed by atoms with Crippen molar-refractivity contribution in [2.24, 2.45) is 0 Å². The standard InChI is InChI=1S/C25H20ClNO5/c1-31-18-10-6-7-15(13-18)22-21(23(28)16-11-12-19(26)20(14-16)32-2)24(29)25(30)27(22)17-8-4-3-5-9-17/h3-14,22,28H,1-2H3/b23-21-. The Morgan fingerprint density at radius 2 is 1.69 bits per heavy atom. The molecule has 4 rings (SSSR count). The number of carbonyl (C=O) groups is 2. The first-order valence-corrected chi connectivity index (χ1v) is 10.2. The van der Waals surface area contributed by atoms with Gasteiger partial charge in [-0.2, -0.15) is 0 Å². The van der Waals surface area contributed by atoms with Crippen LogP contribution in [0.1, 0.15) is 17.2 Å². The van der Waals surface area contributed by atoms with E-state index in [9.17, 15) is 14.7 Å². The van der Waals surface area contributed by atoms with Crippen molar-refractivity contribution in [2.45, 2.75) is 6.04 Å². The predicted octanol–water partition coefficient (Wildman–Crippen LogP) is 4.98. The molecule has 1 heterocycles. The molecule has 1 fully saturated rings. The minimum atomic E-state index is -0.853. The molecule has 3 aromatic rings. The van der Waals surface area contributed by atoms with Gasteiger partial charge >= 0.3 is 0 Å². The van der Waals surface area contributed by atoms with E-state index in [-0.39, 0.29) is 11.3 Å². The molecule has 32 heavy (non-hydrogen) atoms. The lowest BCUT2D eigenvalue weighted by molar-refractivity contribution is -0.132. The van der Waals surface area contributed by atoms with Crippen LogP contribution in [-0.2, 0) is 9.59 Å². The first-order valence-electron chi connectivity index (χ1n) is 9.80. The smallest absolute Gasteiger partial charge is 0.300 e. The van der Waals surface area contributed by atoms with E-state index in [1.165, 1.54) is 25.2 Å². The average Bonchev–Trinajstić information content (AvgIpc) is 3.10. The number of benzene rings is 3. The van der Waals surface area contributed by atoms with E-state index in [1.807, 2.05) is 6.07 Å². The van der Waals surface area contributed by atoms with Crippen LogP contribution in [0.25, 0.3) is 5.76 Å². The highest BCUT2D eigenvalue weighted by molar-refractivity contribution is 6.51. The van der Waals surface area contributed by atoms with Gasteiger partial charge in [0.2, 0.25) is 0 Å². The second-order valence-electron chi connectivity index (χ2n) is 7.13. The third-order valence-corrected chi connectivity index (χ3v) is 5.63. The minimum absolute atomic E-state index is 0.0310. The molecule has 0 spiro atoms. The Bertz CT molecular complexity index is 1220. The molecule has 1 aliphatic rings. The van der Waals surface area contributed by atoms with Crippen LogP contribution in [0.2, 0.25) is 5.02 Å². The van der Waals surface area contributed by atoms with Gasteiger partial charge in [0.1, 0.15) is 17.3 Å². The minimum Gasteiger partial charge on any atom is -0.507 e. The number of rotatable bonds is 5. The molecule has 1 unspecified atom stereocenters. The van der Waals surface area contributed by atoms with Gasteiger partial charge < -0.3 is 14.6 Å². The van der Waals surface area contributed by atoms with Crippen molar-refractivity contribution < 1.29 is 24.2 Å². The number of anilines is 1. The molecule has 0 aromatic heterocycles. The Balaban J connectivity index is 1.96. The summed E-state index contributed by atoms with van der Waals surface area (Å²) in [6.45, 7) is 0. The molecular weight excluding hydrogens is 430 g/mol. The lowest BCUT2D eigenvalue weighted by atomic mass is 9.95. The van der Waals surface area contributed by atoms with Crippen molar-refractivity contribution >= 4 is 34.7 Å². The predicted molar refractivity (Wildman–Crippen MR) is 122 cm³/mol. The van der Waals surface area contributed by atoms with Gasteiger partial charge in [-0.15, -0.1) is 0 Å². The van der Waals surface area contributed by atoms with E-state index < -0.39 is 17.7 Å². The highest BCUT2D eigenvalue weighted by atomic mass is 35.5. The number of ether oxygens (including phenoxy) is 2. The molecule has 1 saturated heterocycles. The average molecular weight is 450 g/mol. The van der Waals surface area contributed by atoms with Crippen LogP contribution in [-0.4, -0.2) is 31.0 Å². The number of carbonyl (C=O) groups excluding carboxylic acids is 2. The zero-order chi connectivity index (χ0) is 22.8. The van der Waals surface area contributed by atoms with Gasteiger partial charge in [0.05, 0.1) is 30.9 Å². The Labute approximate surface area is 190 Å². The van der Waals surface area contributed by atoms with Crippen molar-refractivity contribution in [3.8, 4) is 11.5 Å². The highest BCUT2D eigenvalue weighted by Crippen LogP contribution is 2.43. The summed E-state index contributed by atoms with van der Waals surface area (Å²) in [4.78, 5) is 27.7. The van der Waals surface area contributed by atoms with Crippen LogP contribution >= 0.6 is 11.6 Å². The van der Waals surface area contributed by atoms with Crippen molar-refractivity contribution in [2.75, 3.05) is 19.1 Å². The number of amides is 1. The molecule has 6 nitrogen and oxygen atoms in total. The van der Waals surface area contributed by atoms with E-state index in [0.29, 0.717) is 33.3 Å². The first-order chi connectivity index (χ1) is 15.5. The number of hydrogen-bond donors (Lipinski definition) is 1. The monoisotopic (exact) mass is 449 g/mol. The molecule has 0 radical (unpaired) electrons. The largest absolute Gasteiger partial charge is 0.507 e. The summed E-state index contributed by atoms with van der Waals surface area (Å²) in [5.74, 6) is -0.926. The summed E-state index contributed by atoms with van der Waals surface area (Å²) in [5.41, 5.74) is 1.44. The summed E-state index contributed by atoms with van der Waals surface area (Å²) in [6, 6.07) is 19.7. The molecule has 0 aliphatic carbocycles. The highest BCUT2D eigenvalue weighted by Gasteiger charge is 2.47. The molecule has 0 saturated carbocycles. The maximum absolute atomic E-state index is 13.2. The number of aliphatic hydroxyl groups is 1. The molecule has 7 heteroatoms. The molecule has 1 N–H and O–H groups in total. The summed E-state index contributed by atoms with van der Waals surface area (Å²) in [7, 11) is 2.99. The van der Waals surface area contributed by atoms with E-state index in [0.717, 1.165) is 0 Å². The van der Waals surface area contributed by atoms with Gasteiger partial charge in [-0.1, -0.05) is 41.9 Å². The van der Waals surface area contributed by atoms with Crippen molar-refractivity contribution in [3.63, 3.8) is 0 Å². The number of Topliss-reactive ketones (excluding diaryl/α,β-unsaturated/α-hetero) is 1. The normalized spacial score (nSPS) is 17.5. The summed E-state index contributed by atoms with van der Waals surface area (Å²) in [5, 5.41) is 11.6. The molecular formula is C25H20ClNO5. The lowest BCUT2D eigenvalue weighted by Gasteiger charge is -2.25. The maximum Gasteiger partial charge on any atom is 0.300 e. The zero-order valence-electron chi connectivity index (χ0n) is 17.4. The number of ketones is 1. The lowest BCUT2D eigenvalue weighted by Crippen LogP contribution is -2.29. The van der Waals surface area contributed by atoms with Crippen LogP contribution in [0.3, 0.4) is 0 Å². The fraction of sp³-hybridized carbons (Fsp3) is 0.120. The van der Waals surface area contributed by atoms with Crippen LogP contribution in [0.4, 0.5) is 5.69 Å². The van der Waals surface area contributed by atoms with E-state index in [4.69, 9.17) is 21.1 Å². The summed E-state index contributed by atoms with van der Waals surface area (Å²) in [6.07, 6.45) is 0. The van der Waals surface area contributed by atoms with Crippen molar-refractivity contribution in [1.29, 1.82) is 0 Å². The number of hydrogen-bond acceptors (Lipinski definition) is 5. The van der Waals surface area contributed by atoms with Crippen molar-refractivity contribution in [3.05, 3.63) is 94.5 Å². The van der Waals surface area contributed by atoms with Gasteiger partial charge in [0, 0.05) is 11.3 Å². The maximum atomic E-state index is 13.2. The van der Waals surface area contributed by atoms with E-state index in [2.05, 4.69) is 0 Å². The van der Waals surface area contributed by atoms with Crippen molar-refractivity contribution in [1.82, 2.24) is 0 Å². The summed E-state index contributed by atoms with van der Waals surface area (Å²) < 4.78 is 10.6. The summed E-state index contributed by atoms with van der Waals surface area (Å²) >= 11 is 6.11. The van der Waals surface area contributed by atoms with Gasteiger partial charge in [0.15, 0.2) is 0 Å². The number of methoxy groups -OCH3 is 2. The molecule has 1 aliphatic heterocycles. The fourth-order valence-electron chi connectivity index (χ4n) is 3.78. The van der Waals surface area contributed by atoms with Crippen LogP contribution in [0.5, 0.6) is 11.5 Å². The molecule has 162 valence electrons. The molecule has 0 bridgehead atoms. The SMILES string of the molecule is COc1cccc(C2/C(=C(/O)c3ccc(Cl)c(OC)c3)C(=O)C(=O)N2c2ccccc2)c1. The zero-order valence-corrected chi connectivity index (χ0v) is 18.2. The quantitative estimate of drug-likeness (QED) is 0.337. The third-order valence-electron chi connectivity index (χ3n) is 5.31. The topological polar surface area (TPSA) is 76.1 Å². The van der Waals surface area contributed by atoms with Crippen LogP contribution in [0, 0.1) is 0 Å². The molecule has 3 aromatic carbocycles. The second kappa shape index (κ2) is 8.77.